The first kappa shape index (κ1) is 16.5. The van der Waals surface area contributed by atoms with Crippen molar-refractivity contribution in [3.05, 3.63) is 59.7 Å². The number of carbonyl (C=O) groups excluding carboxylic acids is 2. The van der Waals surface area contributed by atoms with Crippen molar-refractivity contribution in [1.82, 2.24) is 5.32 Å². The molecule has 0 atom stereocenters. The topological polar surface area (TPSA) is 94.0 Å². The third kappa shape index (κ3) is 4.82. The van der Waals surface area contributed by atoms with E-state index in [1.807, 2.05) is 0 Å². The fourth-order valence-electron chi connectivity index (χ4n) is 2.32. The number of anilines is 2. The molecule has 3 N–H and O–H groups in total. The Balaban J connectivity index is 1.55. The minimum atomic E-state index is -0.234. The molecule has 2 aromatic carbocycles. The highest BCUT2D eigenvalue weighted by Gasteiger charge is 2.23. The molecule has 1 fully saturated rings. The number of benzene rings is 2. The van der Waals surface area contributed by atoms with Gasteiger partial charge < -0.3 is 16.0 Å². The Morgan fingerprint density at radius 3 is 2.60 bits per heavy atom. The molecule has 6 heteroatoms. The van der Waals surface area contributed by atoms with E-state index in [0.717, 1.165) is 12.8 Å². The Kier molecular flexibility index (Phi) is 4.95. The minimum absolute atomic E-state index is 0.0629. The molecule has 6 nitrogen and oxygen atoms in total. The molecule has 0 radical (unpaired) electrons. The second kappa shape index (κ2) is 7.49. The zero-order valence-corrected chi connectivity index (χ0v) is 13.6. The number of nitrogens with zero attached hydrogens (tertiary/aromatic N) is 1. The molecule has 0 bridgehead atoms. The van der Waals surface area contributed by atoms with Crippen LogP contribution in [0.3, 0.4) is 0 Å². The van der Waals surface area contributed by atoms with Gasteiger partial charge >= 0.3 is 0 Å². The highest BCUT2D eigenvalue weighted by atomic mass is 16.2. The van der Waals surface area contributed by atoms with Crippen LogP contribution in [0.25, 0.3) is 0 Å². The molecule has 1 saturated carbocycles. The Hall–Kier alpha value is -3.33. The summed E-state index contributed by atoms with van der Waals surface area (Å²) in [5.74, 6) is -0.354. The Bertz CT molecular complexity index is 837. The number of hydrogen-bond acceptors (Lipinski definition) is 4. The zero-order chi connectivity index (χ0) is 17.6. The molecule has 2 aromatic rings. The number of rotatable bonds is 6. The van der Waals surface area contributed by atoms with Crippen LogP contribution >= 0.6 is 0 Å². The number of nitrogens with one attached hydrogen (secondary N) is 3. The summed E-state index contributed by atoms with van der Waals surface area (Å²) in [7, 11) is 0. The molecule has 1 aliphatic rings. The van der Waals surface area contributed by atoms with Gasteiger partial charge in [0, 0.05) is 23.0 Å². The van der Waals surface area contributed by atoms with Gasteiger partial charge in [0.2, 0.25) is 5.91 Å². The quantitative estimate of drug-likeness (QED) is 0.756. The number of hydrogen-bond donors (Lipinski definition) is 3. The van der Waals surface area contributed by atoms with Gasteiger partial charge in [-0.05, 0) is 49.2 Å². The van der Waals surface area contributed by atoms with Crippen LogP contribution in [0.2, 0.25) is 0 Å². The molecule has 0 aliphatic heterocycles. The van der Waals surface area contributed by atoms with Crippen molar-refractivity contribution in [2.75, 3.05) is 17.2 Å². The Morgan fingerprint density at radius 2 is 1.84 bits per heavy atom. The predicted molar refractivity (Wildman–Crippen MR) is 95.2 cm³/mol. The van der Waals surface area contributed by atoms with Crippen molar-refractivity contribution in [2.45, 2.75) is 18.9 Å². The van der Waals surface area contributed by atoms with Gasteiger partial charge in [-0.25, -0.2) is 0 Å². The molecular weight excluding hydrogens is 316 g/mol. The lowest BCUT2D eigenvalue weighted by Crippen LogP contribution is -2.26. The molecule has 126 valence electrons. The van der Waals surface area contributed by atoms with Crippen LogP contribution in [0.1, 0.15) is 28.8 Å². The molecule has 1 aliphatic carbocycles. The normalized spacial score (nSPS) is 12.8. The second-order valence-electron chi connectivity index (χ2n) is 5.92. The van der Waals surface area contributed by atoms with Crippen molar-refractivity contribution in [3.63, 3.8) is 0 Å². The number of amides is 2. The van der Waals surface area contributed by atoms with Gasteiger partial charge in [0.05, 0.1) is 18.2 Å². The van der Waals surface area contributed by atoms with Crippen LogP contribution in [0.4, 0.5) is 11.4 Å². The van der Waals surface area contributed by atoms with E-state index in [4.69, 9.17) is 5.26 Å². The maximum absolute atomic E-state index is 12.1. The molecule has 2 amide bonds. The van der Waals surface area contributed by atoms with E-state index in [-0.39, 0.29) is 18.4 Å². The van der Waals surface area contributed by atoms with Gasteiger partial charge in [-0.15, -0.1) is 0 Å². The van der Waals surface area contributed by atoms with Crippen molar-refractivity contribution < 1.29 is 9.59 Å². The summed E-state index contributed by atoms with van der Waals surface area (Å²) in [5.41, 5.74) is 2.33. The predicted octanol–water partition coefficient (Wildman–Crippen LogP) is 2.50. The largest absolute Gasteiger partial charge is 0.376 e. The van der Waals surface area contributed by atoms with Crippen molar-refractivity contribution in [1.29, 1.82) is 5.26 Å². The third-order valence-electron chi connectivity index (χ3n) is 3.77. The molecule has 0 unspecified atom stereocenters. The summed E-state index contributed by atoms with van der Waals surface area (Å²) < 4.78 is 0. The lowest BCUT2D eigenvalue weighted by atomic mass is 10.2. The van der Waals surface area contributed by atoms with Crippen LogP contribution in [-0.2, 0) is 4.79 Å². The highest BCUT2D eigenvalue weighted by molar-refractivity contribution is 5.98. The van der Waals surface area contributed by atoms with E-state index in [1.165, 1.54) is 0 Å². The summed E-state index contributed by atoms with van der Waals surface area (Å²) in [4.78, 5) is 24.1. The highest BCUT2D eigenvalue weighted by Crippen LogP contribution is 2.20. The molecule has 0 heterocycles. The average molecular weight is 334 g/mol. The lowest BCUT2D eigenvalue weighted by Gasteiger charge is -2.09. The maximum Gasteiger partial charge on any atom is 0.251 e. The van der Waals surface area contributed by atoms with Crippen LogP contribution in [-0.4, -0.2) is 24.4 Å². The van der Waals surface area contributed by atoms with Gasteiger partial charge in [0.1, 0.15) is 0 Å². The lowest BCUT2D eigenvalue weighted by molar-refractivity contribution is -0.114. The fourth-order valence-corrected chi connectivity index (χ4v) is 2.32. The van der Waals surface area contributed by atoms with E-state index in [9.17, 15) is 9.59 Å². The molecule has 25 heavy (non-hydrogen) atoms. The first-order valence-corrected chi connectivity index (χ1v) is 8.09. The Morgan fingerprint density at radius 1 is 1.08 bits per heavy atom. The van der Waals surface area contributed by atoms with Crippen molar-refractivity contribution in [3.8, 4) is 6.07 Å². The standard InChI is InChI=1S/C19H18N4O2/c20-11-13-3-1-5-16(9-13)21-12-18(24)22-17-6-2-4-14(10-17)19(25)23-15-7-8-15/h1-6,9-10,15,21H,7-8,12H2,(H,22,24)(H,23,25). The van der Waals surface area contributed by atoms with Gasteiger partial charge in [0.25, 0.3) is 5.91 Å². The summed E-state index contributed by atoms with van der Waals surface area (Å²) in [6, 6.07) is 16.1. The van der Waals surface area contributed by atoms with E-state index in [0.29, 0.717) is 28.5 Å². The molecular formula is C19H18N4O2. The number of nitriles is 1. The smallest absolute Gasteiger partial charge is 0.251 e. The van der Waals surface area contributed by atoms with Crippen LogP contribution < -0.4 is 16.0 Å². The van der Waals surface area contributed by atoms with Crippen molar-refractivity contribution >= 4 is 23.2 Å². The van der Waals surface area contributed by atoms with E-state index < -0.39 is 0 Å². The Labute approximate surface area is 145 Å². The van der Waals surface area contributed by atoms with Gasteiger partial charge in [0.15, 0.2) is 0 Å². The first-order valence-electron chi connectivity index (χ1n) is 8.09. The molecule has 0 saturated heterocycles. The monoisotopic (exact) mass is 334 g/mol. The minimum Gasteiger partial charge on any atom is -0.376 e. The molecule has 3 rings (SSSR count). The molecule has 0 spiro atoms. The maximum atomic E-state index is 12.1. The average Bonchev–Trinajstić information content (AvgIpc) is 3.44. The number of carbonyl (C=O) groups is 2. The van der Waals surface area contributed by atoms with E-state index in [2.05, 4.69) is 22.0 Å². The summed E-state index contributed by atoms with van der Waals surface area (Å²) in [6.07, 6.45) is 2.06. The van der Waals surface area contributed by atoms with Crippen LogP contribution in [0, 0.1) is 11.3 Å². The fraction of sp³-hybridized carbons (Fsp3) is 0.211. The van der Waals surface area contributed by atoms with Gasteiger partial charge in [-0.2, -0.15) is 5.26 Å². The summed E-state index contributed by atoms with van der Waals surface area (Å²) in [6.45, 7) is 0.0629. The van der Waals surface area contributed by atoms with E-state index >= 15 is 0 Å². The van der Waals surface area contributed by atoms with Crippen molar-refractivity contribution in [2.24, 2.45) is 0 Å². The second-order valence-corrected chi connectivity index (χ2v) is 5.92. The summed E-state index contributed by atoms with van der Waals surface area (Å²) >= 11 is 0. The molecule has 0 aromatic heterocycles. The van der Waals surface area contributed by atoms with E-state index in [1.54, 1.807) is 48.5 Å². The van der Waals surface area contributed by atoms with Gasteiger partial charge in [-0.1, -0.05) is 12.1 Å². The van der Waals surface area contributed by atoms with Crippen LogP contribution in [0.15, 0.2) is 48.5 Å². The zero-order valence-electron chi connectivity index (χ0n) is 13.6. The van der Waals surface area contributed by atoms with Crippen LogP contribution in [0.5, 0.6) is 0 Å². The first-order chi connectivity index (χ1) is 12.1. The third-order valence-corrected chi connectivity index (χ3v) is 3.77. The SMILES string of the molecule is N#Cc1cccc(NCC(=O)Nc2cccc(C(=O)NC3CC3)c2)c1. The van der Waals surface area contributed by atoms with Gasteiger partial charge in [-0.3, -0.25) is 9.59 Å². The summed E-state index contributed by atoms with van der Waals surface area (Å²) in [5, 5.41) is 17.5.